The quantitative estimate of drug-likeness (QED) is 0.480. The summed E-state index contributed by atoms with van der Waals surface area (Å²) in [5, 5.41) is 3.88. The third kappa shape index (κ3) is 4.40. The number of nitrogens with zero attached hydrogens (tertiary/aromatic N) is 2. The molecule has 7 heteroatoms. The first-order valence-corrected chi connectivity index (χ1v) is 10.9. The standard InChI is InChI=1S/C26H25N3O4/c1-31-20-7-8-21-22(16-20)33-25(24(21)19-5-3-2-4-6-19)26(30)28-17-18-9-10-27-23(15-18)29-11-13-32-14-12-29/h2-10,15-16H,11-14,17H2,1H3,(H,28,30). The van der Waals surface area contributed by atoms with Crippen molar-refractivity contribution < 1.29 is 18.7 Å². The maximum Gasteiger partial charge on any atom is 0.287 e. The maximum atomic E-state index is 13.2. The van der Waals surface area contributed by atoms with Crippen LogP contribution in [0.4, 0.5) is 5.82 Å². The molecule has 2 aromatic heterocycles. The maximum absolute atomic E-state index is 13.2. The first kappa shape index (κ1) is 21.0. The summed E-state index contributed by atoms with van der Waals surface area (Å²) in [6.07, 6.45) is 1.77. The fraction of sp³-hybridized carbons (Fsp3) is 0.231. The molecule has 1 N–H and O–H groups in total. The van der Waals surface area contributed by atoms with Gasteiger partial charge in [-0.3, -0.25) is 4.79 Å². The predicted octanol–water partition coefficient (Wildman–Crippen LogP) is 4.27. The summed E-state index contributed by atoms with van der Waals surface area (Å²) < 4.78 is 16.8. The van der Waals surface area contributed by atoms with Gasteiger partial charge in [0.25, 0.3) is 5.91 Å². The molecule has 0 saturated carbocycles. The highest BCUT2D eigenvalue weighted by atomic mass is 16.5. The molecule has 168 valence electrons. The first-order chi connectivity index (χ1) is 16.2. The minimum atomic E-state index is -0.270. The van der Waals surface area contributed by atoms with Crippen LogP contribution in [0.15, 0.2) is 71.3 Å². The van der Waals surface area contributed by atoms with Crippen molar-refractivity contribution in [2.24, 2.45) is 0 Å². The number of furan rings is 1. The van der Waals surface area contributed by atoms with Crippen molar-refractivity contribution in [2.45, 2.75) is 6.54 Å². The number of amides is 1. The third-order valence-corrected chi connectivity index (χ3v) is 5.76. The lowest BCUT2D eigenvalue weighted by atomic mass is 10.0. The number of anilines is 1. The number of nitrogens with one attached hydrogen (secondary N) is 1. The molecule has 1 aliphatic rings. The van der Waals surface area contributed by atoms with Gasteiger partial charge in [0.2, 0.25) is 5.76 Å². The second-order valence-corrected chi connectivity index (χ2v) is 7.84. The lowest BCUT2D eigenvalue weighted by Gasteiger charge is -2.28. The Labute approximate surface area is 191 Å². The number of morpholine rings is 1. The average molecular weight is 444 g/mol. The molecule has 1 amide bonds. The van der Waals surface area contributed by atoms with E-state index in [1.165, 1.54) is 0 Å². The first-order valence-electron chi connectivity index (χ1n) is 10.9. The smallest absolute Gasteiger partial charge is 0.287 e. The van der Waals surface area contributed by atoms with Crippen LogP contribution in [0.3, 0.4) is 0 Å². The average Bonchev–Trinajstić information content (AvgIpc) is 3.27. The van der Waals surface area contributed by atoms with Crippen molar-refractivity contribution in [1.82, 2.24) is 10.3 Å². The second-order valence-electron chi connectivity index (χ2n) is 7.84. The van der Waals surface area contributed by atoms with Crippen molar-refractivity contribution >= 4 is 22.7 Å². The van der Waals surface area contributed by atoms with Gasteiger partial charge in [-0.2, -0.15) is 0 Å². The minimum absolute atomic E-state index is 0.270. The third-order valence-electron chi connectivity index (χ3n) is 5.76. The molecular formula is C26H25N3O4. The molecular weight excluding hydrogens is 418 g/mol. The lowest BCUT2D eigenvalue weighted by Crippen LogP contribution is -2.36. The van der Waals surface area contributed by atoms with Crippen LogP contribution in [-0.4, -0.2) is 44.3 Å². The molecule has 1 fully saturated rings. The molecule has 1 saturated heterocycles. The summed E-state index contributed by atoms with van der Waals surface area (Å²) in [6.45, 7) is 3.38. The fourth-order valence-corrected chi connectivity index (χ4v) is 4.05. The summed E-state index contributed by atoms with van der Waals surface area (Å²) in [6, 6.07) is 19.3. The van der Waals surface area contributed by atoms with Crippen LogP contribution in [-0.2, 0) is 11.3 Å². The number of methoxy groups -OCH3 is 1. The van der Waals surface area contributed by atoms with Gasteiger partial charge in [-0.15, -0.1) is 0 Å². The monoisotopic (exact) mass is 443 g/mol. The number of carbonyl (C=O) groups is 1. The van der Waals surface area contributed by atoms with Crippen LogP contribution in [0, 0.1) is 0 Å². The summed E-state index contributed by atoms with van der Waals surface area (Å²) >= 11 is 0. The number of fused-ring (bicyclic) bond motifs is 1. The van der Waals surface area contributed by atoms with E-state index < -0.39 is 0 Å². The van der Waals surface area contributed by atoms with Gasteiger partial charge >= 0.3 is 0 Å². The Morgan fingerprint density at radius 3 is 2.70 bits per heavy atom. The van der Waals surface area contributed by atoms with E-state index in [-0.39, 0.29) is 11.7 Å². The van der Waals surface area contributed by atoms with Gasteiger partial charge in [-0.25, -0.2) is 4.98 Å². The molecule has 1 aliphatic heterocycles. The molecule has 0 aliphatic carbocycles. The van der Waals surface area contributed by atoms with Crippen LogP contribution in [0.25, 0.3) is 22.1 Å². The number of ether oxygens (including phenoxy) is 2. The van der Waals surface area contributed by atoms with E-state index in [9.17, 15) is 4.79 Å². The van der Waals surface area contributed by atoms with Crippen LogP contribution in [0.2, 0.25) is 0 Å². The second kappa shape index (κ2) is 9.34. The zero-order chi connectivity index (χ0) is 22.6. The topological polar surface area (TPSA) is 76.8 Å². The normalized spacial score (nSPS) is 13.8. The molecule has 3 heterocycles. The Hall–Kier alpha value is -3.84. The van der Waals surface area contributed by atoms with Crippen molar-refractivity contribution in [3.63, 3.8) is 0 Å². The van der Waals surface area contributed by atoms with Crippen molar-refractivity contribution in [3.05, 3.63) is 78.2 Å². The Morgan fingerprint density at radius 2 is 1.91 bits per heavy atom. The van der Waals surface area contributed by atoms with Gasteiger partial charge in [-0.1, -0.05) is 30.3 Å². The molecule has 0 radical (unpaired) electrons. The van der Waals surface area contributed by atoms with Gasteiger partial charge in [-0.05, 0) is 35.4 Å². The highest BCUT2D eigenvalue weighted by molar-refractivity contribution is 6.08. The number of aromatic nitrogens is 1. The summed E-state index contributed by atoms with van der Waals surface area (Å²) in [4.78, 5) is 19.9. The zero-order valence-corrected chi connectivity index (χ0v) is 18.4. The molecule has 33 heavy (non-hydrogen) atoms. The van der Waals surface area contributed by atoms with Crippen molar-refractivity contribution in [1.29, 1.82) is 0 Å². The van der Waals surface area contributed by atoms with Gasteiger partial charge in [0.1, 0.15) is 17.2 Å². The van der Waals surface area contributed by atoms with E-state index in [4.69, 9.17) is 13.9 Å². The highest BCUT2D eigenvalue weighted by Crippen LogP contribution is 2.36. The van der Waals surface area contributed by atoms with E-state index >= 15 is 0 Å². The summed E-state index contributed by atoms with van der Waals surface area (Å²) in [5.74, 6) is 1.58. The number of hydrogen-bond acceptors (Lipinski definition) is 6. The number of pyridine rings is 1. The molecule has 0 bridgehead atoms. The van der Waals surface area contributed by atoms with Crippen molar-refractivity contribution in [2.75, 3.05) is 38.3 Å². The largest absolute Gasteiger partial charge is 0.497 e. The minimum Gasteiger partial charge on any atom is -0.497 e. The molecule has 0 spiro atoms. The molecule has 0 unspecified atom stereocenters. The fourth-order valence-electron chi connectivity index (χ4n) is 4.05. The van der Waals surface area contributed by atoms with Gasteiger partial charge in [0, 0.05) is 42.8 Å². The van der Waals surface area contributed by atoms with E-state index in [1.807, 2.05) is 54.6 Å². The van der Waals surface area contributed by atoms with E-state index in [1.54, 1.807) is 19.4 Å². The predicted molar refractivity (Wildman–Crippen MR) is 127 cm³/mol. The van der Waals surface area contributed by atoms with Crippen LogP contribution in [0.1, 0.15) is 16.1 Å². The van der Waals surface area contributed by atoms with Gasteiger partial charge in [0.15, 0.2) is 0 Å². The van der Waals surface area contributed by atoms with Gasteiger partial charge < -0.3 is 24.1 Å². The lowest BCUT2D eigenvalue weighted by molar-refractivity contribution is 0.0926. The Bertz CT molecular complexity index is 1260. The Kier molecular flexibility index (Phi) is 5.95. The van der Waals surface area contributed by atoms with E-state index in [0.29, 0.717) is 31.1 Å². The van der Waals surface area contributed by atoms with Crippen LogP contribution in [0.5, 0.6) is 5.75 Å². The Balaban J connectivity index is 1.42. The van der Waals surface area contributed by atoms with Gasteiger partial charge in [0.05, 0.1) is 20.3 Å². The van der Waals surface area contributed by atoms with Crippen LogP contribution >= 0.6 is 0 Å². The summed E-state index contributed by atoms with van der Waals surface area (Å²) in [7, 11) is 1.61. The number of carbonyl (C=O) groups excluding carboxylic acids is 1. The molecule has 2 aromatic carbocycles. The zero-order valence-electron chi connectivity index (χ0n) is 18.4. The SMILES string of the molecule is COc1ccc2c(-c3ccccc3)c(C(=O)NCc3ccnc(N4CCOCC4)c3)oc2c1. The van der Waals surface area contributed by atoms with E-state index in [0.717, 1.165) is 41.0 Å². The summed E-state index contributed by atoms with van der Waals surface area (Å²) in [5.41, 5.74) is 3.27. The molecule has 5 rings (SSSR count). The number of benzene rings is 2. The molecule has 7 nitrogen and oxygen atoms in total. The number of hydrogen-bond donors (Lipinski definition) is 1. The molecule has 0 atom stereocenters. The van der Waals surface area contributed by atoms with Crippen LogP contribution < -0.4 is 15.0 Å². The van der Waals surface area contributed by atoms with Crippen molar-refractivity contribution in [3.8, 4) is 16.9 Å². The van der Waals surface area contributed by atoms with E-state index in [2.05, 4.69) is 15.2 Å². The number of rotatable bonds is 6. The highest BCUT2D eigenvalue weighted by Gasteiger charge is 2.22. The Morgan fingerprint density at radius 1 is 1.09 bits per heavy atom. The molecule has 4 aromatic rings.